The summed E-state index contributed by atoms with van der Waals surface area (Å²) in [7, 11) is 1.87. The number of benzene rings is 2. The lowest BCUT2D eigenvalue weighted by Gasteiger charge is -2.29. The Hall–Kier alpha value is -2.37. The zero-order chi connectivity index (χ0) is 18.6. The number of nitrogens with zero attached hydrogens (tertiary/aromatic N) is 1. The highest BCUT2D eigenvalue weighted by Crippen LogP contribution is 2.25. The molecule has 2 aromatic carbocycles. The van der Waals surface area contributed by atoms with Gasteiger partial charge in [0.2, 0.25) is 0 Å². The second-order valence-corrected chi connectivity index (χ2v) is 8.33. The topological polar surface area (TPSA) is 44.4 Å². The van der Waals surface area contributed by atoms with Crippen LogP contribution in [0.5, 0.6) is 0 Å². The molecule has 4 nitrogen and oxygen atoms in total. The number of hydrogen-bond acceptors (Lipinski definition) is 3. The van der Waals surface area contributed by atoms with Crippen molar-refractivity contribution < 1.29 is 4.79 Å². The van der Waals surface area contributed by atoms with E-state index in [1.807, 2.05) is 7.05 Å². The molecular formula is C22H25N3OS. The number of urea groups is 1. The molecule has 2 heterocycles. The Bertz CT molecular complexity index is 903. The molecule has 0 unspecified atom stereocenters. The number of hydrogen-bond donors (Lipinski definition) is 2. The van der Waals surface area contributed by atoms with Gasteiger partial charge in [0.1, 0.15) is 0 Å². The van der Waals surface area contributed by atoms with E-state index in [0.717, 1.165) is 19.4 Å². The average molecular weight is 380 g/mol. The summed E-state index contributed by atoms with van der Waals surface area (Å²) in [6, 6.07) is 19.5. The van der Waals surface area contributed by atoms with Gasteiger partial charge in [-0.3, -0.25) is 0 Å². The van der Waals surface area contributed by atoms with Gasteiger partial charge in [0.05, 0.1) is 0 Å². The van der Waals surface area contributed by atoms with Crippen molar-refractivity contribution in [2.45, 2.75) is 25.4 Å². The van der Waals surface area contributed by atoms with E-state index < -0.39 is 0 Å². The molecule has 5 heteroatoms. The first kappa shape index (κ1) is 18.0. The van der Waals surface area contributed by atoms with E-state index in [1.54, 1.807) is 16.2 Å². The van der Waals surface area contributed by atoms with Crippen molar-refractivity contribution in [1.29, 1.82) is 0 Å². The molecule has 3 aromatic rings. The summed E-state index contributed by atoms with van der Waals surface area (Å²) in [5.41, 5.74) is 2.75. The third kappa shape index (κ3) is 4.31. The smallest absolute Gasteiger partial charge is 0.317 e. The fourth-order valence-electron chi connectivity index (χ4n) is 3.65. The molecule has 0 aliphatic carbocycles. The first-order valence-electron chi connectivity index (χ1n) is 9.45. The number of fused-ring (bicyclic) bond motifs is 2. The van der Waals surface area contributed by atoms with E-state index in [9.17, 15) is 4.79 Å². The third-order valence-corrected chi connectivity index (χ3v) is 6.31. The summed E-state index contributed by atoms with van der Waals surface area (Å²) in [6.07, 6.45) is 1.84. The minimum atomic E-state index is -0.00299. The lowest BCUT2D eigenvalue weighted by atomic mass is 9.96. The first-order valence-corrected chi connectivity index (χ1v) is 10.3. The first-order chi connectivity index (χ1) is 13.2. The summed E-state index contributed by atoms with van der Waals surface area (Å²) >= 11 is 1.80. The van der Waals surface area contributed by atoms with Gasteiger partial charge in [-0.05, 0) is 41.5 Å². The number of carbonyl (C=O) groups is 1. The normalized spacial score (nSPS) is 16.1. The molecule has 140 valence electrons. The van der Waals surface area contributed by atoms with Gasteiger partial charge in [0.15, 0.2) is 0 Å². The molecule has 0 radical (unpaired) electrons. The molecule has 27 heavy (non-hydrogen) atoms. The van der Waals surface area contributed by atoms with Crippen LogP contribution in [0.2, 0.25) is 0 Å². The van der Waals surface area contributed by atoms with Gasteiger partial charge >= 0.3 is 6.03 Å². The number of amides is 2. The monoisotopic (exact) mass is 379 g/mol. The second-order valence-electron chi connectivity index (χ2n) is 7.16. The molecule has 1 aliphatic heterocycles. The molecule has 0 bridgehead atoms. The number of nitrogens with one attached hydrogen (secondary N) is 2. The van der Waals surface area contributed by atoms with Crippen molar-refractivity contribution >= 4 is 27.5 Å². The van der Waals surface area contributed by atoms with Gasteiger partial charge in [0.25, 0.3) is 0 Å². The minimum Gasteiger partial charge on any atom is -0.338 e. The van der Waals surface area contributed by atoms with Crippen LogP contribution >= 0.6 is 11.3 Å². The summed E-state index contributed by atoms with van der Waals surface area (Å²) in [4.78, 5) is 15.5. The molecule has 1 aliphatic rings. The molecule has 4 rings (SSSR count). The molecule has 1 atom stereocenters. The van der Waals surface area contributed by atoms with E-state index >= 15 is 0 Å². The standard InChI is InChI=1S/C22H25N3OS/c1-25(15-19-12-16-6-2-3-8-18(16)14-24-19)22(26)23-11-10-20-13-17-7-4-5-9-21(17)27-20/h2-9,13,19,24H,10-12,14-15H2,1H3,(H,23,26)/t19-/m0/s1. The van der Waals surface area contributed by atoms with Crippen LogP contribution in [0.15, 0.2) is 54.6 Å². The van der Waals surface area contributed by atoms with Crippen molar-refractivity contribution in [3.63, 3.8) is 0 Å². The Kier molecular flexibility index (Phi) is 5.41. The van der Waals surface area contributed by atoms with Crippen LogP contribution in [-0.4, -0.2) is 37.1 Å². The fraction of sp³-hybridized carbons (Fsp3) is 0.318. The Morgan fingerprint density at radius 1 is 1.19 bits per heavy atom. The van der Waals surface area contributed by atoms with E-state index in [4.69, 9.17) is 0 Å². The highest BCUT2D eigenvalue weighted by atomic mass is 32.1. The molecular weight excluding hydrogens is 354 g/mol. The zero-order valence-corrected chi connectivity index (χ0v) is 16.4. The SMILES string of the molecule is CN(C[C@@H]1Cc2ccccc2CN1)C(=O)NCCc1cc2ccccc2s1. The minimum absolute atomic E-state index is 0.00299. The molecule has 2 amide bonds. The number of thiophene rings is 1. The van der Waals surface area contributed by atoms with Crippen LogP contribution in [-0.2, 0) is 19.4 Å². The highest BCUT2D eigenvalue weighted by Gasteiger charge is 2.20. The predicted molar refractivity (Wildman–Crippen MR) is 112 cm³/mol. The van der Waals surface area contributed by atoms with Crippen LogP contribution in [0.1, 0.15) is 16.0 Å². The summed E-state index contributed by atoms with van der Waals surface area (Å²) in [5.74, 6) is 0. The van der Waals surface area contributed by atoms with Gasteiger partial charge in [-0.1, -0.05) is 42.5 Å². The maximum Gasteiger partial charge on any atom is 0.317 e. The Labute approximate surface area is 164 Å². The summed E-state index contributed by atoms with van der Waals surface area (Å²) in [5, 5.41) is 7.87. The summed E-state index contributed by atoms with van der Waals surface area (Å²) in [6.45, 7) is 2.25. The van der Waals surface area contributed by atoms with Crippen LogP contribution in [0.3, 0.4) is 0 Å². The lowest BCUT2D eigenvalue weighted by molar-refractivity contribution is 0.202. The van der Waals surface area contributed by atoms with Crippen molar-refractivity contribution in [3.8, 4) is 0 Å². The van der Waals surface area contributed by atoms with Gasteiger partial charge in [0, 0.05) is 42.3 Å². The van der Waals surface area contributed by atoms with Crippen molar-refractivity contribution in [3.05, 3.63) is 70.6 Å². The molecule has 2 N–H and O–H groups in total. The second kappa shape index (κ2) is 8.11. The maximum absolute atomic E-state index is 12.4. The van der Waals surface area contributed by atoms with Gasteiger partial charge < -0.3 is 15.5 Å². The van der Waals surface area contributed by atoms with Gasteiger partial charge in [-0.15, -0.1) is 11.3 Å². The third-order valence-electron chi connectivity index (χ3n) is 5.13. The molecule has 0 spiro atoms. The van der Waals surface area contributed by atoms with E-state index in [0.29, 0.717) is 19.1 Å². The van der Waals surface area contributed by atoms with Crippen molar-refractivity contribution in [1.82, 2.24) is 15.5 Å². The summed E-state index contributed by atoms with van der Waals surface area (Å²) < 4.78 is 1.31. The highest BCUT2D eigenvalue weighted by molar-refractivity contribution is 7.19. The van der Waals surface area contributed by atoms with Crippen LogP contribution in [0.25, 0.3) is 10.1 Å². The molecule has 1 aromatic heterocycles. The lowest BCUT2D eigenvalue weighted by Crippen LogP contribution is -2.48. The van der Waals surface area contributed by atoms with Crippen molar-refractivity contribution in [2.75, 3.05) is 20.1 Å². The molecule has 0 saturated heterocycles. The molecule has 0 saturated carbocycles. The Morgan fingerprint density at radius 2 is 1.96 bits per heavy atom. The van der Waals surface area contributed by atoms with Crippen LogP contribution < -0.4 is 10.6 Å². The Morgan fingerprint density at radius 3 is 2.81 bits per heavy atom. The predicted octanol–water partition coefficient (Wildman–Crippen LogP) is 3.80. The average Bonchev–Trinajstić information content (AvgIpc) is 3.10. The number of likely N-dealkylation sites (N-methyl/N-ethyl adjacent to an activating group) is 1. The van der Waals surface area contributed by atoms with E-state index in [2.05, 4.69) is 65.2 Å². The number of rotatable bonds is 5. The fourth-order valence-corrected chi connectivity index (χ4v) is 4.72. The molecule has 0 fully saturated rings. The largest absolute Gasteiger partial charge is 0.338 e. The maximum atomic E-state index is 12.4. The van der Waals surface area contributed by atoms with E-state index in [-0.39, 0.29) is 6.03 Å². The quantitative estimate of drug-likeness (QED) is 0.708. The van der Waals surface area contributed by atoms with Crippen molar-refractivity contribution in [2.24, 2.45) is 0 Å². The van der Waals surface area contributed by atoms with Crippen LogP contribution in [0.4, 0.5) is 4.79 Å². The zero-order valence-electron chi connectivity index (χ0n) is 15.6. The number of carbonyl (C=O) groups excluding carboxylic acids is 1. The van der Waals surface area contributed by atoms with E-state index in [1.165, 1.54) is 26.1 Å². The van der Waals surface area contributed by atoms with Gasteiger partial charge in [-0.2, -0.15) is 0 Å². The van der Waals surface area contributed by atoms with Gasteiger partial charge in [-0.25, -0.2) is 4.79 Å². The Balaban J connectivity index is 1.24. The van der Waals surface area contributed by atoms with Crippen LogP contribution in [0, 0.1) is 0 Å².